The molecule has 0 amide bonds. The topological polar surface area (TPSA) is 17.1 Å². The molecule has 0 aromatic carbocycles. The van der Waals surface area contributed by atoms with Gasteiger partial charge >= 0.3 is 0 Å². The van der Waals surface area contributed by atoms with E-state index >= 15 is 0 Å². The van der Waals surface area contributed by atoms with Gasteiger partial charge in [-0.05, 0) is 12.8 Å². The highest BCUT2D eigenvalue weighted by atomic mass is 16.1. The van der Waals surface area contributed by atoms with Gasteiger partial charge in [0.15, 0.2) is 5.78 Å². The molecule has 0 saturated carbocycles. The first-order chi connectivity index (χ1) is 4.84. The van der Waals surface area contributed by atoms with Crippen molar-refractivity contribution in [3.8, 4) is 0 Å². The normalized spacial score (nSPS) is 18.5. The van der Waals surface area contributed by atoms with Crippen molar-refractivity contribution >= 4 is 5.78 Å². The summed E-state index contributed by atoms with van der Waals surface area (Å²) in [5, 5.41) is 0. The van der Waals surface area contributed by atoms with Crippen LogP contribution < -0.4 is 0 Å². The Morgan fingerprint density at radius 1 is 1.70 bits per heavy atom. The highest BCUT2D eigenvalue weighted by Gasteiger charge is 2.10. The molecular weight excluding hydrogens is 124 g/mol. The SMILES string of the molecule is CC/C=C/C1=CCCC1=O. The van der Waals surface area contributed by atoms with Gasteiger partial charge in [-0.3, -0.25) is 4.79 Å². The van der Waals surface area contributed by atoms with Crippen LogP contribution in [0.3, 0.4) is 0 Å². The average Bonchev–Trinajstić information content (AvgIpc) is 2.31. The monoisotopic (exact) mass is 136 g/mol. The molecular formula is C9H12O. The molecule has 1 heteroatoms. The minimum absolute atomic E-state index is 0.296. The molecule has 0 saturated heterocycles. The summed E-state index contributed by atoms with van der Waals surface area (Å²) in [5.74, 6) is 0.296. The van der Waals surface area contributed by atoms with Gasteiger partial charge in [-0.1, -0.05) is 25.2 Å². The van der Waals surface area contributed by atoms with Gasteiger partial charge in [0.05, 0.1) is 0 Å². The van der Waals surface area contributed by atoms with Crippen LogP contribution in [-0.2, 0) is 4.79 Å². The van der Waals surface area contributed by atoms with Crippen molar-refractivity contribution in [2.75, 3.05) is 0 Å². The number of ketones is 1. The lowest BCUT2D eigenvalue weighted by molar-refractivity contribution is -0.114. The Hall–Kier alpha value is -0.850. The molecule has 0 unspecified atom stereocenters. The van der Waals surface area contributed by atoms with E-state index in [0.717, 1.165) is 18.4 Å². The molecule has 0 aliphatic heterocycles. The molecule has 0 heterocycles. The van der Waals surface area contributed by atoms with E-state index < -0.39 is 0 Å². The summed E-state index contributed by atoms with van der Waals surface area (Å²) in [6.45, 7) is 2.07. The second kappa shape index (κ2) is 3.35. The molecule has 1 aliphatic carbocycles. The second-order valence-corrected chi connectivity index (χ2v) is 2.43. The summed E-state index contributed by atoms with van der Waals surface area (Å²) in [4.78, 5) is 11.0. The van der Waals surface area contributed by atoms with Crippen LogP contribution in [0.1, 0.15) is 26.2 Å². The van der Waals surface area contributed by atoms with Crippen LogP contribution in [-0.4, -0.2) is 5.78 Å². The van der Waals surface area contributed by atoms with Crippen molar-refractivity contribution in [3.63, 3.8) is 0 Å². The lowest BCUT2D eigenvalue weighted by Crippen LogP contribution is -1.91. The molecule has 1 rings (SSSR count). The van der Waals surface area contributed by atoms with E-state index in [2.05, 4.69) is 6.92 Å². The van der Waals surface area contributed by atoms with E-state index in [9.17, 15) is 4.79 Å². The first-order valence-electron chi connectivity index (χ1n) is 3.74. The summed E-state index contributed by atoms with van der Waals surface area (Å²) in [7, 11) is 0. The van der Waals surface area contributed by atoms with E-state index in [1.165, 1.54) is 0 Å². The van der Waals surface area contributed by atoms with Crippen molar-refractivity contribution in [3.05, 3.63) is 23.8 Å². The summed E-state index contributed by atoms with van der Waals surface area (Å²) in [5.41, 5.74) is 0.904. The van der Waals surface area contributed by atoms with E-state index in [-0.39, 0.29) is 0 Å². The van der Waals surface area contributed by atoms with Crippen molar-refractivity contribution in [2.24, 2.45) is 0 Å². The molecule has 1 aliphatic rings. The zero-order valence-electron chi connectivity index (χ0n) is 6.26. The fourth-order valence-corrected chi connectivity index (χ4v) is 1.02. The maximum Gasteiger partial charge on any atom is 0.162 e. The summed E-state index contributed by atoms with van der Waals surface area (Å²) in [6, 6.07) is 0. The summed E-state index contributed by atoms with van der Waals surface area (Å²) >= 11 is 0. The quantitative estimate of drug-likeness (QED) is 0.569. The maximum atomic E-state index is 11.0. The van der Waals surface area contributed by atoms with Crippen molar-refractivity contribution in [1.82, 2.24) is 0 Å². The highest BCUT2D eigenvalue weighted by Crippen LogP contribution is 2.14. The average molecular weight is 136 g/mol. The molecule has 0 aromatic rings. The van der Waals surface area contributed by atoms with Gasteiger partial charge in [0.1, 0.15) is 0 Å². The van der Waals surface area contributed by atoms with Gasteiger partial charge in [-0.2, -0.15) is 0 Å². The number of hydrogen-bond donors (Lipinski definition) is 0. The van der Waals surface area contributed by atoms with Gasteiger partial charge in [-0.15, -0.1) is 0 Å². The van der Waals surface area contributed by atoms with E-state index in [1.54, 1.807) is 0 Å². The zero-order valence-corrected chi connectivity index (χ0v) is 6.26. The van der Waals surface area contributed by atoms with Crippen molar-refractivity contribution in [2.45, 2.75) is 26.2 Å². The molecule has 0 atom stereocenters. The Morgan fingerprint density at radius 2 is 2.50 bits per heavy atom. The van der Waals surface area contributed by atoms with E-state index in [1.807, 2.05) is 18.2 Å². The van der Waals surface area contributed by atoms with Crippen molar-refractivity contribution < 1.29 is 4.79 Å². The minimum atomic E-state index is 0.296. The molecule has 0 bridgehead atoms. The molecule has 1 nitrogen and oxygen atoms in total. The third-order valence-electron chi connectivity index (χ3n) is 1.59. The van der Waals surface area contributed by atoms with Crippen LogP contribution in [0.4, 0.5) is 0 Å². The Bertz CT molecular complexity index is 187. The fourth-order valence-electron chi connectivity index (χ4n) is 1.02. The Labute approximate surface area is 61.4 Å². The minimum Gasteiger partial charge on any atom is -0.294 e. The zero-order chi connectivity index (χ0) is 7.40. The standard InChI is InChI=1S/C9H12O/c1-2-3-5-8-6-4-7-9(8)10/h3,5-6H,2,4,7H2,1H3/b5-3+. The smallest absolute Gasteiger partial charge is 0.162 e. The Kier molecular flexibility index (Phi) is 2.43. The number of carbonyl (C=O) groups excluding carboxylic acids is 1. The molecule has 0 spiro atoms. The number of allylic oxidation sites excluding steroid dienone is 4. The Morgan fingerprint density at radius 3 is 3.00 bits per heavy atom. The number of rotatable bonds is 2. The van der Waals surface area contributed by atoms with E-state index in [0.29, 0.717) is 12.2 Å². The number of carbonyl (C=O) groups is 1. The van der Waals surface area contributed by atoms with Crippen LogP contribution in [0.25, 0.3) is 0 Å². The van der Waals surface area contributed by atoms with Crippen molar-refractivity contribution in [1.29, 1.82) is 0 Å². The number of Topliss-reactive ketones (excluding diaryl/α,β-unsaturated/α-hetero) is 1. The molecule has 0 radical (unpaired) electrons. The molecule has 0 N–H and O–H groups in total. The van der Waals surface area contributed by atoms with Gasteiger partial charge in [0, 0.05) is 12.0 Å². The predicted molar refractivity (Wildman–Crippen MR) is 41.8 cm³/mol. The third kappa shape index (κ3) is 1.56. The molecule has 0 fully saturated rings. The maximum absolute atomic E-state index is 11.0. The van der Waals surface area contributed by atoms with Gasteiger partial charge < -0.3 is 0 Å². The largest absolute Gasteiger partial charge is 0.294 e. The lowest BCUT2D eigenvalue weighted by Gasteiger charge is -1.87. The third-order valence-corrected chi connectivity index (χ3v) is 1.59. The molecule has 54 valence electrons. The first-order valence-corrected chi connectivity index (χ1v) is 3.74. The van der Waals surface area contributed by atoms with Gasteiger partial charge in [0.2, 0.25) is 0 Å². The second-order valence-electron chi connectivity index (χ2n) is 2.43. The van der Waals surface area contributed by atoms with Crippen LogP contribution in [0.5, 0.6) is 0 Å². The van der Waals surface area contributed by atoms with Crippen LogP contribution in [0.15, 0.2) is 23.8 Å². The molecule has 10 heavy (non-hydrogen) atoms. The summed E-state index contributed by atoms with van der Waals surface area (Å²) < 4.78 is 0. The first kappa shape index (κ1) is 7.26. The highest BCUT2D eigenvalue weighted by molar-refractivity contribution is 6.00. The van der Waals surface area contributed by atoms with Crippen LogP contribution >= 0.6 is 0 Å². The summed E-state index contributed by atoms with van der Waals surface area (Å²) in [6.07, 6.45) is 8.61. The molecule has 0 aromatic heterocycles. The lowest BCUT2D eigenvalue weighted by atomic mass is 10.2. The van der Waals surface area contributed by atoms with Crippen LogP contribution in [0.2, 0.25) is 0 Å². The fraction of sp³-hybridized carbons (Fsp3) is 0.444. The van der Waals surface area contributed by atoms with Gasteiger partial charge in [0.25, 0.3) is 0 Å². The van der Waals surface area contributed by atoms with Gasteiger partial charge in [-0.25, -0.2) is 0 Å². The van der Waals surface area contributed by atoms with Crippen LogP contribution in [0, 0.1) is 0 Å². The van der Waals surface area contributed by atoms with E-state index in [4.69, 9.17) is 0 Å². The Balaban J connectivity index is 2.55. The number of hydrogen-bond acceptors (Lipinski definition) is 1. The predicted octanol–water partition coefficient (Wildman–Crippen LogP) is 2.24.